The fourth-order valence-corrected chi connectivity index (χ4v) is 7.60. The van der Waals surface area contributed by atoms with E-state index in [1.54, 1.807) is 36.8 Å². The van der Waals surface area contributed by atoms with Gasteiger partial charge < -0.3 is 0 Å². The lowest BCUT2D eigenvalue weighted by Gasteiger charge is -2.21. The van der Waals surface area contributed by atoms with Gasteiger partial charge in [0, 0.05) is 31.9 Å². The highest BCUT2D eigenvalue weighted by Crippen LogP contribution is 2.27. The molecule has 4 aromatic heterocycles. The summed E-state index contributed by atoms with van der Waals surface area (Å²) in [6.07, 6.45) is 19.9. The van der Waals surface area contributed by atoms with Crippen LogP contribution in [0.15, 0.2) is 53.9 Å². The van der Waals surface area contributed by atoms with Crippen LogP contribution in [0.25, 0.3) is 22.1 Å². The lowest BCUT2D eigenvalue weighted by atomic mass is 9.89. The number of hydrogen-bond donors (Lipinski definition) is 1. The number of hydrogen-bond acceptors (Lipinski definition) is 8. The molecular formula is C31H37N9O2S. The molecule has 0 saturated heterocycles. The summed E-state index contributed by atoms with van der Waals surface area (Å²) in [6, 6.07) is 6.85. The SMILES string of the molecule is O=S(=O)(Nc1ncc2cnn(CC3CCCCC3)c2n1)c1cccc(Cc2ncc3cnn(CC4CCCCC4)c3n2)c1. The Morgan fingerprint density at radius 3 is 2.00 bits per heavy atom. The number of nitrogens with zero attached hydrogens (tertiary/aromatic N) is 8. The van der Waals surface area contributed by atoms with Crippen molar-refractivity contribution in [2.75, 3.05) is 4.72 Å². The number of rotatable bonds is 9. The van der Waals surface area contributed by atoms with Gasteiger partial charge in [-0.2, -0.15) is 15.2 Å². The van der Waals surface area contributed by atoms with Gasteiger partial charge in [0.05, 0.1) is 28.1 Å². The third-order valence-electron chi connectivity index (χ3n) is 8.91. The van der Waals surface area contributed by atoms with Crippen LogP contribution in [0, 0.1) is 11.8 Å². The van der Waals surface area contributed by atoms with E-state index in [4.69, 9.17) is 4.98 Å². The topological polar surface area (TPSA) is 133 Å². The molecule has 5 aromatic rings. The second-order valence-electron chi connectivity index (χ2n) is 12.1. The Morgan fingerprint density at radius 2 is 1.35 bits per heavy atom. The van der Waals surface area contributed by atoms with E-state index in [0.29, 0.717) is 29.7 Å². The Morgan fingerprint density at radius 1 is 0.744 bits per heavy atom. The standard InChI is InChI=1S/C31H37N9O2S/c41-43(42,38-31-33-17-26-19-35-40(30(26)37-31)21-23-10-5-2-6-11-23)27-13-7-12-24(14-27)15-28-32-16-25-18-34-39(29(25)36-28)20-22-8-3-1-4-9-22/h7,12-14,16-19,22-23H,1-6,8-11,15,20-21H2,(H,33,37,38). The molecular weight excluding hydrogens is 562 g/mol. The Bertz CT molecular complexity index is 1840. The van der Waals surface area contributed by atoms with E-state index in [-0.39, 0.29) is 10.8 Å². The molecule has 2 aliphatic carbocycles. The van der Waals surface area contributed by atoms with Crippen molar-refractivity contribution in [2.24, 2.45) is 11.8 Å². The van der Waals surface area contributed by atoms with Gasteiger partial charge in [0.15, 0.2) is 11.3 Å². The van der Waals surface area contributed by atoms with Crippen molar-refractivity contribution in [1.29, 1.82) is 0 Å². The summed E-state index contributed by atoms with van der Waals surface area (Å²) in [6.45, 7) is 1.65. The molecule has 0 bridgehead atoms. The maximum atomic E-state index is 13.4. The molecule has 0 radical (unpaired) electrons. The lowest BCUT2D eigenvalue weighted by Crippen LogP contribution is -2.17. The van der Waals surface area contributed by atoms with Gasteiger partial charge in [0.25, 0.3) is 10.0 Å². The predicted octanol–water partition coefficient (Wildman–Crippen LogP) is 5.52. The van der Waals surface area contributed by atoms with E-state index < -0.39 is 10.0 Å². The van der Waals surface area contributed by atoms with E-state index in [0.717, 1.165) is 35.1 Å². The summed E-state index contributed by atoms with van der Waals surface area (Å²) >= 11 is 0. The van der Waals surface area contributed by atoms with Crippen molar-refractivity contribution < 1.29 is 8.42 Å². The number of aromatic nitrogens is 8. The Balaban J connectivity index is 1.07. The molecule has 43 heavy (non-hydrogen) atoms. The molecule has 0 aliphatic heterocycles. The van der Waals surface area contributed by atoms with Crippen molar-refractivity contribution in [2.45, 2.75) is 88.6 Å². The van der Waals surface area contributed by atoms with Gasteiger partial charge >= 0.3 is 0 Å². The Hall–Kier alpha value is -3.93. The van der Waals surface area contributed by atoms with E-state index >= 15 is 0 Å². The van der Waals surface area contributed by atoms with Crippen LogP contribution in [0.3, 0.4) is 0 Å². The molecule has 1 aromatic carbocycles. The van der Waals surface area contributed by atoms with Crippen LogP contribution in [-0.2, 0) is 29.5 Å². The summed E-state index contributed by atoms with van der Waals surface area (Å²) in [4.78, 5) is 18.3. The third-order valence-corrected chi connectivity index (χ3v) is 10.2. The molecule has 12 heteroatoms. The molecule has 2 fully saturated rings. The first kappa shape index (κ1) is 27.9. The molecule has 4 heterocycles. The van der Waals surface area contributed by atoms with E-state index in [9.17, 15) is 8.42 Å². The number of anilines is 1. The van der Waals surface area contributed by atoms with Gasteiger partial charge in [-0.3, -0.25) is 0 Å². The van der Waals surface area contributed by atoms with Crippen LogP contribution in [0.2, 0.25) is 0 Å². The fraction of sp³-hybridized carbons (Fsp3) is 0.484. The average molecular weight is 600 g/mol. The van der Waals surface area contributed by atoms with Gasteiger partial charge in [-0.15, -0.1) is 0 Å². The zero-order valence-corrected chi connectivity index (χ0v) is 25.1. The molecule has 0 spiro atoms. The molecule has 224 valence electrons. The smallest absolute Gasteiger partial charge is 0.247 e. The van der Waals surface area contributed by atoms with Gasteiger partial charge in [0.2, 0.25) is 5.95 Å². The van der Waals surface area contributed by atoms with Crippen molar-refractivity contribution in [3.05, 3.63) is 60.4 Å². The minimum absolute atomic E-state index is 0.0308. The largest absolute Gasteiger partial charge is 0.264 e. The number of fused-ring (bicyclic) bond motifs is 2. The molecule has 0 amide bonds. The van der Waals surface area contributed by atoms with Gasteiger partial charge in [-0.25, -0.2) is 37.5 Å². The summed E-state index contributed by atoms with van der Waals surface area (Å²) in [5.74, 6) is 1.85. The zero-order valence-electron chi connectivity index (χ0n) is 24.3. The number of sulfonamides is 1. The van der Waals surface area contributed by atoms with Crippen LogP contribution in [0.4, 0.5) is 5.95 Å². The van der Waals surface area contributed by atoms with Crippen molar-refractivity contribution >= 4 is 38.0 Å². The first-order chi connectivity index (χ1) is 21.0. The molecule has 7 rings (SSSR count). The van der Waals surface area contributed by atoms with E-state index in [2.05, 4.69) is 29.9 Å². The van der Waals surface area contributed by atoms with Crippen molar-refractivity contribution in [1.82, 2.24) is 39.5 Å². The van der Waals surface area contributed by atoms with Crippen LogP contribution in [0.5, 0.6) is 0 Å². The van der Waals surface area contributed by atoms with Crippen LogP contribution in [0.1, 0.15) is 75.6 Å². The second-order valence-corrected chi connectivity index (χ2v) is 13.8. The molecule has 0 atom stereocenters. The molecule has 11 nitrogen and oxygen atoms in total. The maximum Gasteiger partial charge on any atom is 0.264 e. The normalized spacial score (nSPS) is 17.1. The minimum Gasteiger partial charge on any atom is -0.247 e. The highest BCUT2D eigenvalue weighted by Gasteiger charge is 2.20. The summed E-state index contributed by atoms with van der Waals surface area (Å²) in [7, 11) is -3.93. The highest BCUT2D eigenvalue weighted by molar-refractivity contribution is 7.92. The van der Waals surface area contributed by atoms with E-state index in [1.807, 2.05) is 21.6 Å². The quantitative estimate of drug-likeness (QED) is 0.234. The first-order valence-electron chi connectivity index (χ1n) is 15.5. The third kappa shape index (κ3) is 6.24. The van der Waals surface area contributed by atoms with E-state index in [1.165, 1.54) is 64.2 Å². The maximum absolute atomic E-state index is 13.4. The highest BCUT2D eigenvalue weighted by atomic mass is 32.2. The van der Waals surface area contributed by atoms with Gasteiger partial charge in [-0.1, -0.05) is 50.7 Å². The van der Waals surface area contributed by atoms with Crippen LogP contribution >= 0.6 is 0 Å². The fourth-order valence-electron chi connectivity index (χ4n) is 6.58. The molecule has 2 aliphatic rings. The average Bonchev–Trinajstić information content (AvgIpc) is 3.61. The minimum atomic E-state index is -3.93. The summed E-state index contributed by atoms with van der Waals surface area (Å²) in [5, 5.41) is 10.8. The zero-order chi connectivity index (χ0) is 29.2. The first-order valence-corrected chi connectivity index (χ1v) is 17.0. The predicted molar refractivity (Wildman–Crippen MR) is 164 cm³/mol. The number of benzene rings is 1. The summed E-state index contributed by atoms with van der Waals surface area (Å²) < 4.78 is 33.2. The Labute approximate surface area is 251 Å². The van der Waals surface area contributed by atoms with Crippen molar-refractivity contribution in [3.63, 3.8) is 0 Å². The van der Waals surface area contributed by atoms with Crippen molar-refractivity contribution in [3.8, 4) is 0 Å². The Kier molecular flexibility index (Phi) is 7.77. The van der Waals surface area contributed by atoms with Crippen LogP contribution < -0.4 is 4.72 Å². The monoisotopic (exact) mass is 599 g/mol. The molecule has 0 unspecified atom stereocenters. The van der Waals surface area contributed by atoms with Gasteiger partial charge in [0.1, 0.15) is 5.82 Å². The lowest BCUT2D eigenvalue weighted by molar-refractivity contribution is 0.311. The molecule has 1 N–H and O–H groups in total. The van der Waals surface area contributed by atoms with Crippen LogP contribution in [-0.4, -0.2) is 47.9 Å². The van der Waals surface area contributed by atoms with Gasteiger partial charge in [-0.05, 0) is 55.2 Å². The number of nitrogens with one attached hydrogen (secondary N) is 1. The summed E-state index contributed by atoms with van der Waals surface area (Å²) in [5.41, 5.74) is 2.26. The molecule has 2 saturated carbocycles. The second kappa shape index (κ2) is 12.0.